The lowest BCUT2D eigenvalue weighted by atomic mass is 9.96. The molecule has 0 fully saturated rings. The fourth-order valence-electron chi connectivity index (χ4n) is 2.16. The van der Waals surface area contributed by atoms with Gasteiger partial charge in [-0.3, -0.25) is 0 Å². The first-order valence-electron chi connectivity index (χ1n) is 7.79. The number of anilines is 2. The molecule has 7 heteroatoms. The van der Waals surface area contributed by atoms with Crippen LogP contribution < -0.4 is 15.4 Å². The maximum atomic E-state index is 9.65. The fourth-order valence-corrected chi connectivity index (χ4v) is 2.16. The average molecular weight is 331 g/mol. The second-order valence-corrected chi connectivity index (χ2v) is 6.74. The molecule has 0 aliphatic carbocycles. The van der Waals surface area contributed by atoms with Crippen molar-refractivity contribution >= 4 is 11.9 Å². The second-order valence-electron chi connectivity index (χ2n) is 6.74. The summed E-state index contributed by atoms with van der Waals surface area (Å²) in [6.07, 6.45) is 0.754. The van der Waals surface area contributed by atoms with Crippen LogP contribution in [0.2, 0.25) is 0 Å². The standard InChI is InChI=1S/C17H25N5O2/c1-17(2,3)14-19-15(18)21-16(20-14)22(4)9-8-11-6-7-12(23)13(10-11)24-5/h6-7,10,23H,8-9H2,1-5H3,(H2,18,19,20,21). The van der Waals surface area contributed by atoms with Crippen LogP contribution in [0.3, 0.4) is 0 Å². The topological polar surface area (TPSA) is 97.4 Å². The van der Waals surface area contributed by atoms with Crippen molar-refractivity contribution in [3.05, 3.63) is 29.6 Å². The van der Waals surface area contributed by atoms with Crippen molar-refractivity contribution in [2.45, 2.75) is 32.6 Å². The van der Waals surface area contributed by atoms with Crippen LogP contribution in [0.5, 0.6) is 11.5 Å². The molecule has 2 rings (SSSR count). The van der Waals surface area contributed by atoms with Gasteiger partial charge in [-0.1, -0.05) is 26.8 Å². The Morgan fingerprint density at radius 3 is 2.54 bits per heavy atom. The monoisotopic (exact) mass is 331 g/mol. The number of nitrogens with two attached hydrogens (primary N) is 1. The maximum absolute atomic E-state index is 9.65. The van der Waals surface area contributed by atoms with E-state index in [1.54, 1.807) is 6.07 Å². The van der Waals surface area contributed by atoms with Crippen LogP contribution in [0.15, 0.2) is 18.2 Å². The van der Waals surface area contributed by atoms with Crippen molar-refractivity contribution in [3.8, 4) is 11.5 Å². The molecule has 1 heterocycles. The Hall–Kier alpha value is -2.57. The van der Waals surface area contributed by atoms with Crippen molar-refractivity contribution in [1.82, 2.24) is 15.0 Å². The molecule has 7 nitrogen and oxygen atoms in total. The van der Waals surface area contributed by atoms with Crippen LogP contribution >= 0.6 is 0 Å². The molecule has 0 spiro atoms. The van der Waals surface area contributed by atoms with Gasteiger partial charge in [-0.25, -0.2) is 0 Å². The molecule has 0 bridgehead atoms. The normalized spacial score (nSPS) is 11.4. The molecular weight excluding hydrogens is 306 g/mol. The van der Waals surface area contributed by atoms with Gasteiger partial charge in [-0.15, -0.1) is 0 Å². The summed E-state index contributed by atoms with van der Waals surface area (Å²) in [5, 5.41) is 9.65. The fraction of sp³-hybridized carbons (Fsp3) is 0.471. The van der Waals surface area contributed by atoms with Crippen LogP contribution in [0.25, 0.3) is 0 Å². The summed E-state index contributed by atoms with van der Waals surface area (Å²) < 4.78 is 5.13. The number of nitrogens with zero attached hydrogens (tertiary/aromatic N) is 4. The molecule has 0 aliphatic heterocycles. The van der Waals surface area contributed by atoms with E-state index in [4.69, 9.17) is 10.5 Å². The summed E-state index contributed by atoms with van der Waals surface area (Å²) in [5.41, 5.74) is 6.68. The van der Waals surface area contributed by atoms with Crippen molar-refractivity contribution in [3.63, 3.8) is 0 Å². The molecule has 2 aromatic rings. The van der Waals surface area contributed by atoms with Crippen molar-refractivity contribution in [1.29, 1.82) is 0 Å². The predicted molar refractivity (Wildman–Crippen MR) is 94.6 cm³/mol. The van der Waals surface area contributed by atoms with Gasteiger partial charge in [0.1, 0.15) is 5.82 Å². The number of hydrogen-bond acceptors (Lipinski definition) is 7. The Labute approximate surface area is 142 Å². The number of likely N-dealkylation sites (N-methyl/N-ethyl adjacent to an activating group) is 1. The molecule has 0 radical (unpaired) electrons. The molecule has 3 N–H and O–H groups in total. The van der Waals surface area contributed by atoms with Gasteiger partial charge >= 0.3 is 0 Å². The van der Waals surface area contributed by atoms with Crippen LogP contribution in [0.4, 0.5) is 11.9 Å². The van der Waals surface area contributed by atoms with E-state index >= 15 is 0 Å². The zero-order valence-electron chi connectivity index (χ0n) is 14.9. The van der Waals surface area contributed by atoms with E-state index in [0.717, 1.165) is 12.0 Å². The highest BCUT2D eigenvalue weighted by Gasteiger charge is 2.20. The minimum atomic E-state index is -0.197. The lowest BCUT2D eigenvalue weighted by Gasteiger charge is -2.21. The van der Waals surface area contributed by atoms with Crippen molar-refractivity contribution in [2.75, 3.05) is 31.3 Å². The van der Waals surface area contributed by atoms with Gasteiger partial charge in [0.15, 0.2) is 11.5 Å². The SMILES string of the molecule is COc1cc(CCN(C)c2nc(N)nc(C(C)(C)C)n2)ccc1O. The maximum Gasteiger partial charge on any atom is 0.230 e. The zero-order chi connectivity index (χ0) is 17.9. The first kappa shape index (κ1) is 17.8. The van der Waals surface area contributed by atoms with Gasteiger partial charge in [0.25, 0.3) is 0 Å². The first-order valence-corrected chi connectivity index (χ1v) is 7.79. The highest BCUT2D eigenvalue weighted by Crippen LogP contribution is 2.26. The zero-order valence-corrected chi connectivity index (χ0v) is 14.9. The molecule has 1 aromatic carbocycles. The number of hydrogen-bond donors (Lipinski definition) is 2. The van der Waals surface area contributed by atoms with E-state index in [0.29, 0.717) is 24.1 Å². The summed E-state index contributed by atoms with van der Waals surface area (Å²) in [7, 11) is 3.45. The molecule has 1 aromatic heterocycles. The van der Waals surface area contributed by atoms with Crippen molar-refractivity contribution in [2.24, 2.45) is 0 Å². The summed E-state index contributed by atoms with van der Waals surface area (Å²) in [6, 6.07) is 5.33. The van der Waals surface area contributed by atoms with Gasteiger partial charge in [0.05, 0.1) is 7.11 Å². The summed E-state index contributed by atoms with van der Waals surface area (Å²) in [6.45, 7) is 6.80. The van der Waals surface area contributed by atoms with Crippen LogP contribution in [-0.2, 0) is 11.8 Å². The van der Waals surface area contributed by atoms with E-state index in [-0.39, 0.29) is 17.1 Å². The molecule has 0 saturated carbocycles. The summed E-state index contributed by atoms with van der Waals surface area (Å²) in [5.74, 6) is 2.05. The third-order valence-corrected chi connectivity index (χ3v) is 3.63. The summed E-state index contributed by atoms with van der Waals surface area (Å²) >= 11 is 0. The molecule has 0 amide bonds. The number of phenolic OH excluding ortho intramolecular Hbond substituents is 1. The average Bonchev–Trinajstić information content (AvgIpc) is 2.52. The Kier molecular flexibility index (Phi) is 5.11. The molecular formula is C17H25N5O2. The Bertz CT molecular complexity index is 713. The summed E-state index contributed by atoms with van der Waals surface area (Å²) in [4.78, 5) is 14.9. The largest absolute Gasteiger partial charge is 0.504 e. The number of nitrogen functional groups attached to an aromatic ring is 1. The van der Waals surface area contributed by atoms with Crippen LogP contribution in [0, 0.1) is 0 Å². The lowest BCUT2D eigenvalue weighted by Crippen LogP contribution is -2.26. The number of benzene rings is 1. The third kappa shape index (κ3) is 4.24. The number of phenols is 1. The van der Waals surface area contributed by atoms with E-state index in [1.165, 1.54) is 7.11 Å². The van der Waals surface area contributed by atoms with Crippen molar-refractivity contribution < 1.29 is 9.84 Å². The van der Waals surface area contributed by atoms with Gasteiger partial charge in [0, 0.05) is 19.0 Å². The van der Waals surface area contributed by atoms with Crippen LogP contribution in [0.1, 0.15) is 32.2 Å². The molecule has 0 atom stereocenters. The quantitative estimate of drug-likeness (QED) is 0.866. The number of rotatable bonds is 5. The Morgan fingerprint density at radius 2 is 1.92 bits per heavy atom. The highest BCUT2D eigenvalue weighted by molar-refractivity contribution is 5.42. The van der Waals surface area contributed by atoms with Gasteiger partial charge in [0.2, 0.25) is 11.9 Å². The van der Waals surface area contributed by atoms with E-state index in [1.807, 2.05) is 44.9 Å². The van der Waals surface area contributed by atoms with E-state index < -0.39 is 0 Å². The molecule has 0 aliphatic rings. The Morgan fingerprint density at radius 1 is 1.21 bits per heavy atom. The van der Waals surface area contributed by atoms with E-state index in [2.05, 4.69) is 15.0 Å². The minimum absolute atomic E-state index is 0.134. The van der Waals surface area contributed by atoms with E-state index in [9.17, 15) is 5.11 Å². The van der Waals surface area contributed by atoms with Gasteiger partial charge in [-0.05, 0) is 24.1 Å². The van der Waals surface area contributed by atoms with Gasteiger partial charge in [-0.2, -0.15) is 15.0 Å². The number of ether oxygens (including phenoxy) is 1. The number of aromatic nitrogens is 3. The number of methoxy groups -OCH3 is 1. The molecule has 0 saturated heterocycles. The lowest BCUT2D eigenvalue weighted by molar-refractivity contribution is 0.373. The smallest absolute Gasteiger partial charge is 0.230 e. The predicted octanol–water partition coefficient (Wildman–Crippen LogP) is 2.14. The third-order valence-electron chi connectivity index (χ3n) is 3.63. The van der Waals surface area contributed by atoms with Gasteiger partial charge < -0.3 is 20.5 Å². The molecule has 0 unspecified atom stereocenters. The number of aromatic hydroxyl groups is 1. The molecule has 130 valence electrons. The molecule has 24 heavy (non-hydrogen) atoms. The first-order chi connectivity index (χ1) is 11.2. The Balaban J connectivity index is 2.13. The second kappa shape index (κ2) is 6.90. The van der Waals surface area contributed by atoms with Crippen LogP contribution in [-0.4, -0.2) is 40.8 Å². The highest BCUT2D eigenvalue weighted by atomic mass is 16.5. The minimum Gasteiger partial charge on any atom is -0.504 e.